The smallest absolute Gasteiger partial charge is 0.481 e. The second-order valence-electron chi connectivity index (χ2n) is 7.73. The Labute approximate surface area is 199 Å². The highest BCUT2D eigenvalue weighted by molar-refractivity contribution is 5.84. The van der Waals surface area contributed by atoms with E-state index in [0.29, 0.717) is 6.42 Å². The van der Waals surface area contributed by atoms with Gasteiger partial charge < -0.3 is 19.3 Å². The molecule has 33 heavy (non-hydrogen) atoms. The molecule has 0 saturated carbocycles. The van der Waals surface area contributed by atoms with Gasteiger partial charge in [-0.05, 0) is 32.1 Å². The molecule has 0 bridgehead atoms. The number of unbranched alkanes of at least 4 members (excludes halogenated alkanes) is 11. The third kappa shape index (κ3) is 29.6. The molecule has 0 aliphatic rings. The van der Waals surface area contributed by atoms with Gasteiger partial charge in [-0.2, -0.15) is 0 Å². The molecule has 0 saturated heterocycles. The van der Waals surface area contributed by atoms with Gasteiger partial charge in [-0.25, -0.2) is 4.79 Å². The Bertz CT molecular complexity index is 543. The van der Waals surface area contributed by atoms with Crippen LogP contribution in [0.1, 0.15) is 110 Å². The minimum Gasteiger partial charge on any atom is -0.481 e. The molecule has 0 aromatic rings. The van der Waals surface area contributed by atoms with Crippen molar-refractivity contribution in [3.8, 4) is 0 Å². The van der Waals surface area contributed by atoms with Crippen LogP contribution in [0.15, 0.2) is 12.2 Å². The lowest BCUT2D eigenvalue weighted by Crippen LogP contribution is -2.13. The van der Waals surface area contributed by atoms with Crippen LogP contribution in [0.3, 0.4) is 0 Å². The van der Waals surface area contributed by atoms with Crippen LogP contribution in [0.2, 0.25) is 0 Å². The molecular formula is C25H44O8. The number of rotatable bonds is 18. The number of aliphatic carboxylic acids is 1. The van der Waals surface area contributed by atoms with Crippen molar-refractivity contribution in [3.63, 3.8) is 0 Å². The molecule has 0 amide bonds. The maximum atomic E-state index is 10.7. The van der Waals surface area contributed by atoms with Gasteiger partial charge in [0.05, 0.1) is 27.1 Å². The van der Waals surface area contributed by atoms with E-state index in [0.717, 1.165) is 20.0 Å². The average Bonchev–Trinajstić information content (AvgIpc) is 2.80. The van der Waals surface area contributed by atoms with Crippen LogP contribution in [-0.4, -0.2) is 43.4 Å². The quantitative estimate of drug-likeness (QED) is 0.106. The number of carboxylic acids is 1. The molecule has 1 N–H and O–H groups in total. The highest BCUT2D eigenvalue weighted by atomic mass is 16.7. The molecule has 0 aromatic carbocycles. The first-order valence-corrected chi connectivity index (χ1v) is 12.1. The lowest BCUT2D eigenvalue weighted by atomic mass is 10.1. The predicted octanol–water partition coefficient (Wildman–Crippen LogP) is 6.36. The fourth-order valence-electron chi connectivity index (χ4n) is 2.84. The fourth-order valence-corrected chi connectivity index (χ4v) is 2.84. The monoisotopic (exact) mass is 472 g/mol. The first-order chi connectivity index (χ1) is 15.9. The fraction of sp³-hybridized carbons (Fsp3) is 0.760. The second-order valence-corrected chi connectivity index (χ2v) is 7.73. The van der Waals surface area contributed by atoms with Gasteiger partial charge in [0.2, 0.25) is 0 Å². The minimum absolute atomic E-state index is 0.119. The van der Waals surface area contributed by atoms with Gasteiger partial charge in [0.15, 0.2) is 0 Å². The van der Waals surface area contributed by atoms with Gasteiger partial charge in [0, 0.05) is 6.42 Å². The van der Waals surface area contributed by atoms with Crippen molar-refractivity contribution >= 4 is 24.1 Å². The molecule has 0 atom stereocenters. The third-order valence-corrected chi connectivity index (χ3v) is 4.78. The van der Waals surface area contributed by atoms with Crippen molar-refractivity contribution in [3.05, 3.63) is 12.2 Å². The lowest BCUT2D eigenvalue weighted by molar-refractivity contribution is -0.146. The average molecular weight is 473 g/mol. The van der Waals surface area contributed by atoms with Crippen molar-refractivity contribution < 1.29 is 38.5 Å². The number of hydrogen-bond donors (Lipinski definition) is 1. The van der Waals surface area contributed by atoms with E-state index < -0.39 is 24.1 Å². The van der Waals surface area contributed by atoms with Gasteiger partial charge in [-0.1, -0.05) is 70.4 Å². The first kappa shape index (κ1) is 32.8. The molecule has 0 spiro atoms. The van der Waals surface area contributed by atoms with E-state index in [-0.39, 0.29) is 12.8 Å². The van der Waals surface area contributed by atoms with Gasteiger partial charge >= 0.3 is 24.1 Å². The summed E-state index contributed by atoms with van der Waals surface area (Å²) in [6.07, 6.45) is 19.8. The van der Waals surface area contributed by atoms with Gasteiger partial charge in [0.25, 0.3) is 0 Å². The number of carbonyl (C=O) groups is 4. The molecule has 8 nitrogen and oxygen atoms in total. The van der Waals surface area contributed by atoms with E-state index in [2.05, 4.69) is 33.3 Å². The summed E-state index contributed by atoms with van der Waals surface area (Å²) in [4.78, 5) is 41.9. The maximum absolute atomic E-state index is 10.7. The number of carboxylic acid groups (broad SMARTS) is 1. The molecule has 8 heteroatoms. The molecule has 0 unspecified atom stereocenters. The number of esters is 2. The Kier molecular flexibility index (Phi) is 25.7. The van der Waals surface area contributed by atoms with E-state index in [1.165, 1.54) is 77.7 Å². The summed E-state index contributed by atoms with van der Waals surface area (Å²) in [5, 5.41) is 8.51. The van der Waals surface area contributed by atoms with Crippen LogP contribution in [-0.2, 0) is 28.6 Å². The van der Waals surface area contributed by atoms with E-state index in [1.807, 2.05) is 0 Å². The Balaban J connectivity index is 0. The zero-order chi connectivity index (χ0) is 25.2. The van der Waals surface area contributed by atoms with Crippen molar-refractivity contribution in [1.29, 1.82) is 0 Å². The molecule has 0 aliphatic carbocycles. The topological polar surface area (TPSA) is 116 Å². The van der Waals surface area contributed by atoms with Crippen molar-refractivity contribution in [2.45, 2.75) is 110 Å². The van der Waals surface area contributed by atoms with Crippen molar-refractivity contribution in [2.24, 2.45) is 0 Å². The summed E-state index contributed by atoms with van der Waals surface area (Å²) < 4.78 is 12.4. The standard InChI is InChI=1S/C18H34O2.C7H10O6/c1-2-3-4-5-6-7-8-9-10-11-12-13-14-15-16-17-18(19)20;1-11-5(8)3-4-6(9)13-7(10)12-2/h9-10H,2-8,11-17H2,1H3,(H,19,20);3-4H2,1-2H3/b10-9-;. The van der Waals surface area contributed by atoms with Crippen LogP contribution < -0.4 is 0 Å². The van der Waals surface area contributed by atoms with Gasteiger partial charge in [-0.15, -0.1) is 0 Å². The predicted molar refractivity (Wildman–Crippen MR) is 127 cm³/mol. The summed E-state index contributed by atoms with van der Waals surface area (Å²) in [6.45, 7) is 2.26. The van der Waals surface area contributed by atoms with Crippen LogP contribution in [0.25, 0.3) is 0 Å². The first-order valence-electron chi connectivity index (χ1n) is 12.1. The van der Waals surface area contributed by atoms with E-state index in [1.54, 1.807) is 0 Å². The Morgan fingerprint density at radius 3 is 1.61 bits per heavy atom. The van der Waals surface area contributed by atoms with Crippen LogP contribution in [0, 0.1) is 0 Å². The number of carbonyl (C=O) groups excluding carboxylic acids is 3. The van der Waals surface area contributed by atoms with Crippen LogP contribution >= 0.6 is 0 Å². The zero-order valence-electron chi connectivity index (χ0n) is 20.8. The second kappa shape index (κ2) is 25.9. The molecule has 0 fully saturated rings. The molecule has 0 aromatic heterocycles. The molecule has 0 aliphatic heterocycles. The van der Waals surface area contributed by atoms with Crippen molar-refractivity contribution in [2.75, 3.05) is 14.2 Å². The maximum Gasteiger partial charge on any atom is 0.515 e. The van der Waals surface area contributed by atoms with Gasteiger partial charge in [0.1, 0.15) is 0 Å². The number of hydrogen-bond acceptors (Lipinski definition) is 7. The Morgan fingerprint density at radius 2 is 1.12 bits per heavy atom. The molecule has 0 heterocycles. The third-order valence-electron chi connectivity index (χ3n) is 4.78. The highest BCUT2D eigenvalue weighted by Crippen LogP contribution is 2.09. The zero-order valence-corrected chi connectivity index (χ0v) is 20.8. The minimum atomic E-state index is -1.09. The number of ether oxygens (including phenoxy) is 3. The lowest BCUT2D eigenvalue weighted by Gasteiger charge is -1.99. The van der Waals surface area contributed by atoms with Crippen LogP contribution in [0.5, 0.6) is 0 Å². The molecular weight excluding hydrogens is 428 g/mol. The number of allylic oxidation sites excluding steroid dienone is 2. The summed E-state index contributed by atoms with van der Waals surface area (Å²) >= 11 is 0. The molecule has 0 radical (unpaired) electrons. The summed E-state index contributed by atoms with van der Waals surface area (Å²) in [7, 11) is 2.28. The summed E-state index contributed by atoms with van der Waals surface area (Å²) in [5.74, 6) is -2.03. The Hall–Kier alpha value is -2.38. The van der Waals surface area contributed by atoms with Gasteiger partial charge in [-0.3, -0.25) is 14.4 Å². The van der Waals surface area contributed by atoms with E-state index >= 15 is 0 Å². The van der Waals surface area contributed by atoms with Crippen molar-refractivity contribution in [1.82, 2.24) is 0 Å². The number of methoxy groups -OCH3 is 2. The summed E-state index contributed by atoms with van der Waals surface area (Å²) in [5.41, 5.74) is 0. The van der Waals surface area contributed by atoms with E-state index in [4.69, 9.17) is 5.11 Å². The summed E-state index contributed by atoms with van der Waals surface area (Å²) in [6, 6.07) is 0. The van der Waals surface area contributed by atoms with Crippen LogP contribution in [0.4, 0.5) is 4.79 Å². The molecule has 0 rings (SSSR count). The largest absolute Gasteiger partial charge is 0.515 e. The Morgan fingerprint density at radius 1 is 0.636 bits per heavy atom. The van der Waals surface area contributed by atoms with E-state index in [9.17, 15) is 19.2 Å². The normalized spacial score (nSPS) is 10.3. The molecule has 192 valence electrons. The SMILES string of the molecule is CCCCCCCC/C=C\CCCCCCCC(=O)O.COC(=O)CCC(=O)OC(=O)OC. The highest BCUT2D eigenvalue weighted by Gasteiger charge is 2.12.